The van der Waals surface area contributed by atoms with E-state index in [-0.39, 0.29) is 5.97 Å². The molecular formula is C21H32O5. The SMILES string of the molecule is CCCC/C(OC(=O)C(C)(C)C)=C(/CCCC)c1cc(C(=O)OC)co1. The van der Waals surface area contributed by atoms with Gasteiger partial charge in [-0.3, -0.25) is 4.79 Å². The van der Waals surface area contributed by atoms with Gasteiger partial charge in [0.2, 0.25) is 0 Å². The number of methoxy groups -OCH3 is 1. The summed E-state index contributed by atoms with van der Waals surface area (Å²) in [5, 5.41) is 0. The summed E-state index contributed by atoms with van der Waals surface area (Å²) in [7, 11) is 1.33. The molecule has 0 fully saturated rings. The molecule has 0 aromatic carbocycles. The summed E-state index contributed by atoms with van der Waals surface area (Å²) in [5.74, 6) is 0.492. The summed E-state index contributed by atoms with van der Waals surface area (Å²) in [4.78, 5) is 24.2. The van der Waals surface area contributed by atoms with E-state index in [1.54, 1.807) is 6.07 Å². The van der Waals surface area contributed by atoms with Gasteiger partial charge in [0, 0.05) is 12.0 Å². The Bertz CT molecular complexity index is 631. The molecule has 0 spiro atoms. The fraction of sp³-hybridized carbons (Fsp3) is 0.619. The Morgan fingerprint density at radius 1 is 1.08 bits per heavy atom. The van der Waals surface area contributed by atoms with E-state index in [2.05, 4.69) is 13.8 Å². The van der Waals surface area contributed by atoms with Gasteiger partial charge in [-0.15, -0.1) is 0 Å². The standard InChI is InChI=1S/C21H32O5/c1-7-9-11-16(18-13-15(14-25-18)19(22)24-6)17(12-10-8-2)26-20(23)21(3,4)5/h13-14H,7-12H2,1-6H3/b17-16+. The van der Waals surface area contributed by atoms with Gasteiger partial charge in [0.05, 0.1) is 18.1 Å². The molecule has 26 heavy (non-hydrogen) atoms. The molecule has 0 unspecified atom stereocenters. The third-order valence-electron chi connectivity index (χ3n) is 4.02. The number of unbranched alkanes of at least 4 members (excludes halogenated alkanes) is 2. The lowest BCUT2D eigenvalue weighted by atomic mass is 9.97. The predicted octanol–water partition coefficient (Wildman–Crippen LogP) is 5.75. The van der Waals surface area contributed by atoms with Crippen molar-refractivity contribution in [2.75, 3.05) is 7.11 Å². The van der Waals surface area contributed by atoms with Crippen molar-refractivity contribution in [1.29, 1.82) is 0 Å². The maximum atomic E-state index is 12.4. The molecule has 1 heterocycles. The van der Waals surface area contributed by atoms with Gasteiger partial charge in [0.25, 0.3) is 0 Å². The van der Waals surface area contributed by atoms with E-state index in [0.717, 1.165) is 37.7 Å². The topological polar surface area (TPSA) is 65.7 Å². The van der Waals surface area contributed by atoms with Crippen LogP contribution in [0.4, 0.5) is 0 Å². The van der Waals surface area contributed by atoms with Gasteiger partial charge in [-0.1, -0.05) is 26.7 Å². The highest BCUT2D eigenvalue weighted by atomic mass is 16.5. The van der Waals surface area contributed by atoms with Gasteiger partial charge in [0.1, 0.15) is 17.8 Å². The molecule has 1 aromatic rings. The van der Waals surface area contributed by atoms with E-state index in [1.807, 2.05) is 20.8 Å². The molecule has 0 aliphatic rings. The minimum absolute atomic E-state index is 0.266. The maximum absolute atomic E-state index is 12.4. The van der Waals surface area contributed by atoms with Crippen molar-refractivity contribution in [1.82, 2.24) is 0 Å². The molecule has 0 saturated heterocycles. The average molecular weight is 364 g/mol. The number of carbonyl (C=O) groups is 2. The van der Waals surface area contributed by atoms with E-state index in [0.29, 0.717) is 23.5 Å². The Morgan fingerprint density at radius 2 is 1.69 bits per heavy atom. The van der Waals surface area contributed by atoms with Crippen LogP contribution in [0, 0.1) is 5.41 Å². The van der Waals surface area contributed by atoms with Gasteiger partial charge < -0.3 is 13.9 Å². The third-order valence-corrected chi connectivity index (χ3v) is 4.02. The molecule has 0 amide bonds. The number of hydrogen-bond acceptors (Lipinski definition) is 5. The Balaban J connectivity index is 3.31. The zero-order valence-corrected chi connectivity index (χ0v) is 16.9. The van der Waals surface area contributed by atoms with E-state index >= 15 is 0 Å². The van der Waals surface area contributed by atoms with Crippen molar-refractivity contribution in [2.24, 2.45) is 5.41 Å². The number of allylic oxidation sites excluding steroid dienone is 2. The van der Waals surface area contributed by atoms with Crippen LogP contribution in [-0.2, 0) is 14.3 Å². The summed E-state index contributed by atoms with van der Waals surface area (Å²) >= 11 is 0. The number of ether oxygens (including phenoxy) is 2. The lowest BCUT2D eigenvalue weighted by Gasteiger charge is -2.20. The van der Waals surface area contributed by atoms with Crippen molar-refractivity contribution in [3.8, 4) is 0 Å². The number of hydrogen-bond donors (Lipinski definition) is 0. The number of esters is 2. The zero-order chi connectivity index (χ0) is 19.7. The predicted molar refractivity (Wildman–Crippen MR) is 102 cm³/mol. The molecule has 0 aliphatic carbocycles. The summed E-state index contributed by atoms with van der Waals surface area (Å²) < 4.78 is 16.2. The van der Waals surface area contributed by atoms with Crippen molar-refractivity contribution in [3.05, 3.63) is 29.4 Å². The first kappa shape index (κ1) is 22.0. The highest BCUT2D eigenvalue weighted by molar-refractivity contribution is 5.90. The molecular weight excluding hydrogens is 332 g/mol. The molecule has 0 saturated carbocycles. The summed E-state index contributed by atoms with van der Waals surface area (Å²) in [6, 6.07) is 1.66. The molecule has 5 heteroatoms. The summed E-state index contributed by atoms with van der Waals surface area (Å²) in [6.07, 6.45) is 6.60. The zero-order valence-electron chi connectivity index (χ0n) is 16.9. The van der Waals surface area contributed by atoms with Crippen LogP contribution in [0.15, 0.2) is 22.5 Å². The van der Waals surface area contributed by atoms with Crippen LogP contribution in [-0.4, -0.2) is 19.0 Å². The monoisotopic (exact) mass is 364 g/mol. The van der Waals surface area contributed by atoms with E-state index in [1.165, 1.54) is 13.4 Å². The molecule has 1 rings (SSSR count). The van der Waals surface area contributed by atoms with Crippen LogP contribution in [0.1, 0.15) is 89.3 Å². The fourth-order valence-corrected chi connectivity index (χ4v) is 2.34. The fourth-order valence-electron chi connectivity index (χ4n) is 2.34. The van der Waals surface area contributed by atoms with Crippen LogP contribution in [0.2, 0.25) is 0 Å². The first-order chi connectivity index (χ1) is 12.2. The van der Waals surface area contributed by atoms with Crippen molar-refractivity contribution < 1.29 is 23.5 Å². The van der Waals surface area contributed by atoms with Gasteiger partial charge >= 0.3 is 11.9 Å². The van der Waals surface area contributed by atoms with Crippen LogP contribution < -0.4 is 0 Å². The smallest absolute Gasteiger partial charge is 0.341 e. The summed E-state index contributed by atoms with van der Waals surface area (Å²) in [6.45, 7) is 9.70. The minimum atomic E-state index is -0.590. The lowest BCUT2D eigenvalue weighted by Crippen LogP contribution is -2.23. The third kappa shape index (κ3) is 6.36. The first-order valence-corrected chi connectivity index (χ1v) is 9.36. The average Bonchev–Trinajstić information content (AvgIpc) is 3.07. The second kappa shape index (κ2) is 10.2. The molecule has 0 atom stereocenters. The van der Waals surface area contributed by atoms with Gasteiger partial charge in [0.15, 0.2) is 0 Å². The van der Waals surface area contributed by atoms with Crippen LogP contribution in [0.3, 0.4) is 0 Å². The number of rotatable bonds is 9. The Hall–Kier alpha value is -2.04. The highest BCUT2D eigenvalue weighted by Gasteiger charge is 2.26. The molecule has 1 aromatic heterocycles. The van der Waals surface area contributed by atoms with E-state index < -0.39 is 11.4 Å². The molecule has 0 bridgehead atoms. The minimum Gasteiger partial charge on any atom is -0.465 e. The second-order valence-corrected chi connectivity index (χ2v) is 7.44. The van der Waals surface area contributed by atoms with Crippen LogP contribution in [0.25, 0.3) is 5.57 Å². The van der Waals surface area contributed by atoms with Crippen molar-refractivity contribution >= 4 is 17.5 Å². The van der Waals surface area contributed by atoms with E-state index in [4.69, 9.17) is 13.9 Å². The molecule has 0 aliphatic heterocycles. The number of furan rings is 1. The van der Waals surface area contributed by atoms with Gasteiger partial charge in [-0.25, -0.2) is 4.79 Å². The first-order valence-electron chi connectivity index (χ1n) is 9.36. The maximum Gasteiger partial charge on any atom is 0.341 e. The quantitative estimate of drug-likeness (QED) is 0.412. The number of carbonyl (C=O) groups excluding carboxylic acids is 2. The largest absolute Gasteiger partial charge is 0.465 e. The van der Waals surface area contributed by atoms with Gasteiger partial charge in [-0.2, -0.15) is 0 Å². The Labute approximate surface area is 156 Å². The molecule has 146 valence electrons. The normalized spacial score (nSPS) is 12.5. The summed E-state index contributed by atoms with van der Waals surface area (Å²) in [5.41, 5.74) is 0.620. The molecule has 0 N–H and O–H groups in total. The van der Waals surface area contributed by atoms with Gasteiger partial charge in [-0.05, 0) is 46.1 Å². The second-order valence-electron chi connectivity index (χ2n) is 7.44. The van der Waals surface area contributed by atoms with E-state index in [9.17, 15) is 9.59 Å². The Morgan fingerprint density at radius 3 is 2.23 bits per heavy atom. The Kier molecular flexibility index (Phi) is 8.62. The lowest BCUT2D eigenvalue weighted by molar-refractivity contribution is -0.148. The highest BCUT2D eigenvalue weighted by Crippen LogP contribution is 2.31. The molecule has 5 nitrogen and oxygen atoms in total. The van der Waals surface area contributed by atoms with Crippen LogP contribution in [0.5, 0.6) is 0 Å². The van der Waals surface area contributed by atoms with Crippen LogP contribution >= 0.6 is 0 Å². The molecule has 0 radical (unpaired) electrons. The van der Waals surface area contributed by atoms with Crippen molar-refractivity contribution in [3.63, 3.8) is 0 Å². The van der Waals surface area contributed by atoms with Crippen molar-refractivity contribution in [2.45, 2.75) is 73.1 Å².